The summed E-state index contributed by atoms with van der Waals surface area (Å²) in [5.74, 6) is 1.28. The van der Waals surface area contributed by atoms with Crippen LogP contribution < -0.4 is 0 Å². The molecule has 0 spiro atoms. The van der Waals surface area contributed by atoms with E-state index >= 15 is 0 Å². The first-order valence-electron chi connectivity index (χ1n) is 10.1. The number of hydrogen-bond donors (Lipinski definition) is 0. The largest absolute Gasteiger partial charge is 0.633 e. The van der Waals surface area contributed by atoms with Gasteiger partial charge in [-0.25, -0.2) is 0 Å². The number of rotatable bonds is 1. The molecule has 24 heavy (non-hydrogen) atoms. The number of nitrogens with zero attached hydrogens (tertiary/aromatic N) is 2. The zero-order valence-corrected chi connectivity index (χ0v) is 14.6. The maximum absolute atomic E-state index is 13.5. The number of hydrogen-bond acceptors (Lipinski definition) is 2. The summed E-state index contributed by atoms with van der Waals surface area (Å²) in [6.45, 7) is 2.98. The Bertz CT molecular complexity index is 591. The minimum atomic E-state index is 0.162. The molecule has 3 nitrogen and oxygen atoms in total. The summed E-state index contributed by atoms with van der Waals surface area (Å²) < 4.78 is 0.162. The second-order valence-electron chi connectivity index (χ2n) is 8.80. The molecule has 4 saturated heterocycles. The number of fused-ring (bicyclic) bond motifs is 6. The van der Waals surface area contributed by atoms with E-state index in [9.17, 15) is 5.21 Å². The summed E-state index contributed by atoms with van der Waals surface area (Å²) in [5.41, 5.74) is 1.49. The standard InChI is InChI=1S/C21H30N2O/c24-23-12-5-4-11-21(23)17-13-18(15-23)20-10-6-9-19(22(20)14-17)16-7-2-1-3-8-16/h1-3,7-8,17-21H,4-6,9-15H2/t17-,18+,19-,20+,21+,23?/m0/s1. The van der Waals surface area contributed by atoms with Crippen molar-refractivity contribution < 1.29 is 4.65 Å². The van der Waals surface area contributed by atoms with Gasteiger partial charge in [-0.05, 0) is 44.1 Å². The van der Waals surface area contributed by atoms with Crippen molar-refractivity contribution in [3.8, 4) is 0 Å². The van der Waals surface area contributed by atoms with Gasteiger partial charge in [0.2, 0.25) is 0 Å². The second kappa shape index (κ2) is 5.82. The summed E-state index contributed by atoms with van der Waals surface area (Å²) in [6.07, 6.45) is 8.86. The van der Waals surface area contributed by atoms with Gasteiger partial charge in [-0.3, -0.25) is 4.90 Å². The molecule has 4 aliphatic heterocycles. The van der Waals surface area contributed by atoms with E-state index in [1.165, 1.54) is 50.6 Å². The van der Waals surface area contributed by atoms with Crippen molar-refractivity contribution in [3.05, 3.63) is 41.1 Å². The van der Waals surface area contributed by atoms with Crippen LogP contribution >= 0.6 is 0 Å². The van der Waals surface area contributed by atoms with Crippen LogP contribution in [0.2, 0.25) is 0 Å². The van der Waals surface area contributed by atoms with Gasteiger partial charge in [0, 0.05) is 36.9 Å². The average molecular weight is 326 g/mol. The molecule has 0 aromatic heterocycles. The van der Waals surface area contributed by atoms with Crippen LogP contribution in [0, 0.1) is 17.0 Å². The fourth-order valence-electron chi connectivity index (χ4n) is 6.63. The Kier molecular flexibility index (Phi) is 3.73. The van der Waals surface area contributed by atoms with Crippen molar-refractivity contribution >= 4 is 0 Å². The number of hydroxylamine groups is 3. The van der Waals surface area contributed by atoms with Gasteiger partial charge in [-0.2, -0.15) is 0 Å². The molecule has 6 atom stereocenters. The molecule has 0 amide bonds. The van der Waals surface area contributed by atoms with E-state index < -0.39 is 0 Å². The van der Waals surface area contributed by atoms with Crippen molar-refractivity contribution in [2.75, 3.05) is 19.6 Å². The van der Waals surface area contributed by atoms with Crippen LogP contribution in [0.25, 0.3) is 0 Å². The third-order valence-electron chi connectivity index (χ3n) is 7.56. The maximum Gasteiger partial charge on any atom is 0.0928 e. The van der Waals surface area contributed by atoms with Gasteiger partial charge in [0.25, 0.3) is 0 Å². The van der Waals surface area contributed by atoms with Gasteiger partial charge in [-0.15, -0.1) is 0 Å². The molecule has 0 aliphatic carbocycles. The Balaban J connectivity index is 1.45. The highest BCUT2D eigenvalue weighted by Crippen LogP contribution is 2.49. The fourth-order valence-corrected chi connectivity index (χ4v) is 6.63. The molecule has 1 aromatic carbocycles. The van der Waals surface area contributed by atoms with Crippen LogP contribution in [0.4, 0.5) is 0 Å². The predicted molar refractivity (Wildman–Crippen MR) is 96.1 cm³/mol. The summed E-state index contributed by atoms with van der Waals surface area (Å²) in [6, 6.07) is 12.8. The quantitative estimate of drug-likeness (QED) is 0.574. The lowest BCUT2D eigenvalue weighted by Gasteiger charge is -2.64. The summed E-state index contributed by atoms with van der Waals surface area (Å²) in [4.78, 5) is 2.83. The summed E-state index contributed by atoms with van der Waals surface area (Å²) >= 11 is 0. The summed E-state index contributed by atoms with van der Waals surface area (Å²) in [5, 5.41) is 13.5. The normalized spacial score (nSPS) is 45.3. The van der Waals surface area contributed by atoms with Crippen molar-refractivity contribution in [3.63, 3.8) is 0 Å². The molecular formula is C21H30N2O. The Morgan fingerprint density at radius 1 is 0.958 bits per heavy atom. The molecule has 2 bridgehead atoms. The minimum absolute atomic E-state index is 0.162. The highest BCUT2D eigenvalue weighted by molar-refractivity contribution is 5.20. The minimum Gasteiger partial charge on any atom is -0.633 e. The molecule has 3 heteroatoms. The van der Waals surface area contributed by atoms with Gasteiger partial charge >= 0.3 is 0 Å². The van der Waals surface area contributed by atoms with Crippen LogP contribution in [0.3, 0.4) is 0 Å². The Morgan fingerprint density at radius 2 is 1.83 bits per heavy atom. The zero-order valence-electron chi connectivity index (χ0n) is 14.6. The van der Waals surface area contributed by atoms with E-state index in [0.29, 0.717) is 30.0 Å². The van der Waals surface area contributed by atoms with Crippen LogP contribution in [0.5, 0.6) is 0 Å². The lowest BCUT2D eigenvalue weighted by Crippen LogP contribution is -2.69. The molecule has 1 aromatic rings. The molecule has 0 N–H and O–H groups in total. The summed E-state index contributed by atoms with van der Waals surface area (Å²) in [7, 11) is 0. The SMILES string of the molecule is [O-][N+]12CCCC[C@@H]1[C@H]1C[C@H](C2)[C@H]2CCC[C@@H](c3ccccc3)N2C1. The van der Waals surface area contributed by atoms with Crippen molar-refractivity contribution in [2.45, 2.75) is 63.1 Å². The van der Waals surface area contributed by atoms with Crippen LogP contribution in [-0.2, 0) is 0 Å². The van der Waals surface area contributed by atoms with E-state index in [0.717, 1.165) is 19.5 Å². The van der Waals surface area contributed by atoms with Gasteiger partial charge in [0.15, 0.2) is 0 Å². The van der Waals surface area contributed by atoms with E-state index in [-0.39, 0.29) is 4.65 Å². The highest BCUT2D eigenvalue weighted by Gasteiger charge is 2.53. The second-order valence-corrected chi connectivity index (χ2v) is 8.80. The molecule has 0 saturated carbocycles. The molecular weight excluding hydrogens is 296 g/mol. The molecule has 5 rings (SSSR count). The van der Waals surface area contributed by atoms with E-state index in [1.807, 2.05) is 0 Å². The van der Waals surface area contributed by atoms with Gasteiger partial charge in [0.1, 0.15) is 0 Å². The molecule has 4 aliphatic rings. The van der Waals surface area contributed by atoms with E-state index in [4.69, 9.17) is 0 Å². The van der Waals surface area contributed by atoms with Gasteiger partial charge < -0.3 is 9.85 Å². The molecule has 0 radical (unpaired) electrons. The zero-order chi connectivity index (χ0) is 16.1. The van der Waals surface area contributed by atoms with Crippen LogP contribution in [0.1, 0.15) is 56.6 Å². The molecule has 4 heterocycles. The smallest absolute Gasteiger partial charge is 0.0928 e. The number of benzene rings is 1. The maximum atomic E-state index is 13.5. The lowest BCUT2D eigenvalue weighted by atomic mass is 9.69. The average Bonchev–Trinajstić information content (AvgIpc) is 2.62. The fraction of sp³-hybridized carbons (Fsp3) is 0.714. The van der Waals surface area contributed by atoms with Crippen molar-refractivity contribution in [2.24, 2.45) is 11.8 Å². The van der Waals surface area contributed by atoms with Gasteiger partial charge in [-0.1, -0.05) is 30.3 Å². The van der Waals surface area contributed by atoms with E-state index in [1.54, 1.807) is 0 Å². The Morgan fingerprint density at radius 3 is 2.71 bits per heavy atom. The molecule has 130 valence electrons. The lowest BCUT2D eigenvalue weighted by molar-refractivity contribution is -0.925. The Labute approximate surface area is 145 Å². The first-order chi connectivity index (χ1) is 11.7. The Hall–Kier alpha value is -0.900. The van der Waals surface area contributed by atoms with E-state index in [2.05, 4.69) is 35.2 Å². The van der Waals surface area contributed by atoms with Crippen LogP contribution in [-0.4, -0.2) is 41.3 Å². The molecule has 1 unspecified atom stereocenters. The van der Waals surface area contributed by atoms with Crippen molar-refractivity contribution in [1.82, 2.24) is 4.90 Å². The highest BCUT2D eigenvalue weighted by atomic mass is 16.5. The third kappa shape index (κ3) is 2.36. The predicted octanol–water partition coefficient (Wildman–Crippen LogP) is 4.10. The topological polar surface area (TPSA) is 26.3 Å². The monoisotopic (exact) mass is 326 g/mol. The van der Waals surface area contributed by atoms with Crippen LogP contribution in [0.15, 0.2) is 30.3 Å². The number of quaternary nitrogens is 1. The van der Waals surface area contributed by atoms with Crippen molar-refractivity contribution in [1.29, 1.82) is 0 Å². The van der Waals surface area contributed by atoms with Gasteiger partial charge in [0.05, 0.1) is 19.1 Å². The third-order valence-corrected chi connectivity index (χ3v) is 7.56. The first kappa shape index (κ1) is 15.4. The number of piperidine rings is 4. The first-order valence-corrected chi connectivity index (χ1v) is 10.1. The molecule has 4 fully saturated rings.